The Morgan fingerprint density at radius 3 is 1.44 bits per heavy atom. The summed E-state index contributed by atoms with van der Waals surface area (Å²) in [6.45, 7) is 11.2. The number of nitrogens with two attached hydrogens (primary N) is 5. The molecule has 50 heavy (non-hydrogen) atoms. The van der Waals surface area contributed by atoms with Crippen molar-refractivity contribution < 1.29 is 49.1 Å². The van der Waals surface area contributed by atoms with E-state index in [4.69, 9.17) is 53.8 Å². The van der Waals surface area contributed by atoms with Gasteiger partial charge in [0, 0.05) is 0 Å². The third kappa shape index (κ3) is 22.3. The molecule has 2 aromatic rings. The zero-order valence-electron chi connectivity index (χ0n) is 29.8. The van der Waals surface area contributed by atoms with Crippen LogP contribution in [0.25, 0.3) is 0 Å². The predicted octanol–water partition coefficient (Wildman–Crippen LogP) is 1.84. The molecule has 0 aliphatic carbocycles. The van der Waals surface area contributed by atoms with Gasteiger partial charge in [-0.15, -0.1) is 0 Å². The van der Waals surface area contributed by atoms with Gasteiger partial charge in [0.25, 0.3) is 0 Å². The van der Waals surface area contributed by atoms with Crippen LogP contribution in [0.1, 0.15) is 65.5 Å². The smallest absolute Gasteiger partial charge is 0.330 e. The molecular formula is C35H57N5O10. The van der Waals surface area contributed by atoms with Crippen molar-refractivity contribution in [1.29, 1.82) is 0 Å². The van der Waals surface area contributed by atoms with Gasteiger partial charge in [-0.1, -0.05) is 90.4 Å². The fourth-order valence-corrected chi connectivity index (χ4v) is 3.55. The number of aliphatic carboxylic acids is 3. The minimum atomic E-state index is -1.02. The molecule has 0 amide bonds. The van der Waals surface area contributed by atoms with Crippen LogP contribution in [0.15, 0.2) is 54.6 Å². The van der Waals surface area contributed by atoms with E-state index in [0.29, 0.717) is 18.8 Å². The highest BCUT2D eigenvalue weighted by atomic mass is 16.6. The standard InChI is InChI=1S/C15H22N2O3.C9H11NO3.C6H13NO2.C5H11NO2/c1-3-10(2)13(17)15(19)20-14(18)12(16)9-11-7-5-4-6-8-11;10-8(9(12)13)5-6-1-3-7(11)4-2-6;1-4(2)3-5(7)6(8)9;1-3(2)4(6)5(7)8/h4-8,10,12-13H,3,9,16-17H2,1-2H3;1-4,8,11H,5,10H2,(H,12,13);4-5H,3,7H2,1-2H3,(H,8,9);3-4H,6H2,1-2H3,(H,7,8)/t10-,12-,13-;8-;5-;4-/m0000/s1. The van der Waals surface area contributed by atoms with Crippen LogP contribution in [0.3, 0.4) is 0 Å². The first-order valence-electron chi connectivity index (χ1n) is 16.2. The van der Waals surface area contributed by atoms with Crippen LogP contribution in [-0.4, -0.2) is 80.5 Å². The summed E-state index contributed by atoms with van der Waals surface area (Å²) in [5, 5.41) is 34.0. The van der Waals surface area contributed by atoms with Crippen molar-refractivity contribution in [3.8, 4) is 5.75 Å². The van der Waals surface area contributed by atoms with E-state index in [9.17, 15) is 24.0 Å². The zero-order valence-corrected chi connectivity index (χ0v) is 29.8. The number of carboxylic acid groups (broad SMARTS) is 3. The van der Waals surface area contributed by atoms with Gasteiger partial charge < -0.3 is 53.8 Å². The van der Waals surface area contributed by atoms with Gasteiger partial charge in [0.05, 0.1) is 0 Å². The van der Waals surface area contributed by atoms with Crippen molar-refractivity contribution in [3.05, 3.63) is 65.7 Å². The molecular weight excluding hydrogens is 650 g/mol. The van der Waals surface area contributed by atoms with E-state index in [0.717, 1.165) is 17.5 Å². The van der Waals surface area contributed by atoms with E-state index in [2.05, 4.69) is 0 Å². The summed E-state index contributed by atoms with van der Waals surface area (Å²) in [5.74, 6) is -3.82. The molecule has 0 bridgehead atoms. The lowest BCUT2D eigenvalue weighted by atomic mass is 10.0. The minimum absolute atomic E-state index is 0.0208. The largest absolute Gasteiger partial charge is 0.508 e. The average Bonchev–Trinajstić information content (AvgIpc) is 3.05. The molecule has 0 radical (unpaired) electrons. The second-order valence-electron chi connectivity index (χ2n) is 12.4. The maximum atomic E-state index is 11.7. The minimum Gasteiger partial charge on any atom is -0.508 e. The lowest BCUT2D eigenvalue weighted by molar-refractivity contribution is -0.162. The molecule has 15 nitrogen and oxygen atoms in total. The normalized spacial score (nSPS) is 14.0. The van der Waals surface area contributed by atoms with Crippen molar-refractivity contribution >= 4 is 29.8 Å². The molecule has 0 heterocycles. The van der Waals surface area contributed by atoms with Crippen molar-refractivity contribution in [2.24, 2.45) is 46.4 Å². The lowest BCUT2D eigenvalue weighted by Gasteiger charge is -2.17. The summed E-state index contributed by atoms with van der Waals surface area (Å²) in [7, 11) is 0. The molecule has 2 rings (SSSR count). The molecule has 0 fully saturated rings. The second kappa shape index (κ2) is 25.5. The number of carbonyl (C=O) groups excluding carboxylic acids is 2. The van der Waals surface area contributed by atoms with E-state index in [1.807, 2.05) is 58.0 Å². The molecule has 0 aromatic heterocycles. The number of ether oxygens (including phenoxy) is 1. The Hall–Kier alpha value is -4.41. The Balaban J connectivity index is 0. The number of phenols is 1. The molecule has 0 unspecified atom stereocenters. The Kier molecular flexibility index (Phi) is 24.4. The second-order valence-corrected chi connectivity index (χ2v) is 12.4. The van der Waals surface area contributed by atoms with Crippen molar-refractivity contribution in [3.63, 3.8) is 0 Å². The fraction of sp³-hybridized carbons (Fsp3) is 0.514. The Bertz CT molecular complexity index is 1290. The van der Waals surface area contributed by atoms with Gasteiger partial charge in [-0.2, -0.15) is 0 Å². The lowest BCUT2D eigenvalue weighted by Crippen LogP contribution is -2.43. The van der Waals surface area contributed by atoms with Crippen LogP contribution in [0, 0.1) is 17.8 Å². The van der Waals surface area contributed by atoms with Crippen molar-refractivity contribution in [1.82, 2.24) is 0 Å². The van der Waals surface area contributed by atoms with Crippen LogP contribution in [0.4, 0.5) is 0 Å². The highest BCUT2D eigenvalue weighted by Crippen LogP contribution is 2.11. The number of carboxylic acids is 3. The van der Waals surface area contributed by atoms with Crippen LogP contribution in [-0.2, 0) is 41.6 Å². The number of rotatable bonds is 14. The SMILES string of the molecule is CC(C)C[C@H](N)C(=O)O.CC(C)[C@H](N)C(=O)O.CC[C@H](C)[C@H](N)C(=O)OC(=O)[C@@H](N)Cc1ccccc1.N[C@@H](Cc1ccc(O)cc1)C(=O)O. The summed E-state index contributed by atoms with van der Waals surface area (Å²) in [6.07, 6.45) is 1.89. The van der Waals surface area contributed by atoms with Gasteiger partial charge in [-0.05, 0) is 60.3 Å². The Morgan fingerprint density at radius 2 is 1.08 bits per heavy atom. The molecule has 0 saturated carbocycles. The van der Waals surface area contributed by atoms with E-state index in [1.54, 1.807) is 26.0 Å². The molecule has 6 atom stereocenters. The van der Waals surface area contributed by atoms with E-state index < -0.39 is 60.1 Å². The van der Waals surface area contributed by atoms with Gasteiger partial charge in [-0.25, -0.2) is 9.59 Å². The first kappa shape index (κ1) is 47.7. The number of hydrogen-bond donors (Lipinski definition) is 9. The van der Waals surface area contributed by atoms with Crippen molar-refractivity contribution in [2.75, 3.05) is 0 Å². The van der Waals surface area contributed by atoms with E-state index in [1.165, 1.54) is 12.1 Å². The van der Waals surface area contributed by atoms with Crippen LogP contribution < -0.4 is 28.7 Å². The van der Waals surface area contributed by atoms with E-state index >= 15 is 0 Å². The first-order valence-corrected chi connectivity index (χ1v) is 16.2. The number of benzene rings is 2. The Morgan fingerprint density at radius 1 is 0.620 bits per heavy atom. The summed E-state index contributed by atoms with van der Waals surface area (Å²) in [4.78, 5) is 54.0. The molecule has 2 aromatic carbocycles. The quantitative estimate of drug-likeness (QED) is 0.0999. The molecule has 14 N–H and O–H groups in total. The van der Waals surface area contributed by atoms with Crippen LogP contribution in [0.2, 0.25) is 0 Å². The van der Waals surface area contributed by atoms with Gasteiger partial charge in [-0.3, -0.25) is 14.4 Å². The summed E-state index contributed by atoms with van der Waals surface area (Å²) in [5.41, 5.74) is 28.9. The summed E-state index contributed by atoms with van der Waals surface area (Å²) >= 11 is 0. The highest BCUT2D eigenvalue weighted by molar-refractivity contribution is 5.91. The molecule has 0 spiro atoms. The molecule has 0 aliphatic rings. The first-order chi connectivity index (χ1) is 23.1. The Labute approximate surface area is 294 Å². The highest BCUT2D eigenvalue weighted by Gasteiger charge is 2.26. The molecule has 0 aliphatic heterocycles. The summed E-state index contributed by atoms with van der Waals surface area (Å²) in [6, 6.07) is 11.7. The van der Waals surface area contributed by atoms with E-state index in [-0.39, 0.29) is 24.0 Å². The maximum Gasteiger partial charge on any atom is 0.330 e. The van der Waals surface area contributed by atoms with Crippen LogP contribution in [0.5, 0.6) is 5.75 Å². The average molecular weight is 708 g/mol. The van der Waals surface area contributed by atoms with Crippen LogP contribution >= 0.6 is 0 Å². The van der Waals surface area contributed by atoms with Gasteiger partial charge in [0.2, 0.25) is 0 Å². The zero-order chi connectivity index (χ0) is 39.1. The monoisotopic (exact) mass is 707 g/mol. The number of phenolic OH excluding ortho intramolecular Hbond substituents is 1. The van der Waals surface area contributed by atoms with Crippen molar-refractivity contribution in [2.45, 2.75) is 97.4 Å². The third-order valence-corrected chi connectivity index (χ3v) is 7.09. The summed E-state index contributed by atoms with van der Waals surface area (Å²) < 4.78 is 4.74. The molecule has 15 heteroatoms. The van der Waals surface area contributed by atoms with Gasteiger partial charge >= 0.3 is 29.8 Å². The number of hydrogen-bond acceptors (Lipinski definition) is 12. The topological polar surface area (TPSA) is 306 Å². The number of aromatic hydroxyl groups is 1. The van der Waals surface area contributed by atoms with Gasteiger partial charge in [0.15, 0.2) is 0 Å². The van der Waals surface area contributed by atoms with Gasteiger partial charge in [0.1, 0.15) is 36.0 Å². The predicted molar refractivity (Wildman–Crippen MR) is 190 cm³/mol. The molecule has 0 saturated heterocycles. The third-order valence-electron chi connectivity index (χ3n) is 7.09. The maximum absolute atomic E-state index is 11.7. The number of esters is 2. The fourth-order valence-electron chi connectivity index (χ4n) is 3.55. The molecule has 282 valence electrons. The number of carbonyl (C=O) groups is 5.